The first-order chi connectivity index (χ1) is 8.62. The summed E-state index contributed by atoms with van der Waals surface area (Å²) in [6.45, 7) is 0.274. The number of nitrogens with zero attached hydrogens (tertiary/aromatic N) is 2. The van der Waals surface area contributed by atoms with E-state index in [1.54, 1.807) is 24.4 Å². The van der Waals surface area contributed by atoms with Crippen LogP contribution in [0.5, 0.6) is 0 Å². The third kappa shape index (κ3) is 2.82. The number of anilines is 1. The first-order valence-corrected chi connectivity index (χ1v) is 6.68. The molecule has 0 saturated heterocycles. The van der Waals surface area contributed by atoms with Crippen molar-refractivity contribution in [1.29, 1.82) is 0 Å². The van der Waals surface area contributed by atoms with Gasteiger partial charge in [-0.1, -0.05) is 0 Å². The molecule has 0 aliphatic heterocycles. The lowest BCUT2D eigenvalue weighted by Crippen LogP contribution is -2.13. The standard InChI is InChI=1S/C11H12N4O2S/c12-6-9-3-4-11(8-14-9)18(16,17)15-10-2-1-5-13-7-10/h1-5,7-8,15H,6,12H2. The minimum absolute atomic E-state index is 0.0866. The van der Waals surface area contributed by atoms with E-state index in [0.29, 0.717) is 11.4 Å². The summed E-state index contributed by atoms with van der Waals surface area (Å²) in [5.74, 6) is 0. The molecule has 0 spiro atoms. The largest absolute Gasteiger partial charge is 0.325 e. The van der Waals surface area contributed by atoms with Gasteiger partial charge in [0.15, 0.2) is 0 Å². The first-order valence-electron chi connectivity index (χ1n) is 5.19. The Morgan fingerprint density at radius 3 is 2.61 bits per heavy atom. The molecule has 0 atom stereocenters. The molecule has 0 aromatic carbocycles. The van der Waals surface area contributed by atoms with Crippen molar-refractivity contribution >= 4 is 15.7 Å². The molecule has 0 aliphatic carbocycles. The highest BCUT2D eigenvalue weighted by Gasteiger charge is 2.14. The number of hydrogen-bond acceptors (Lipinski definition) is 5. The van der Waals surface area contributed by atoms with E-state index >= 15 is 0 Å². The lowest BCUT2D eigenvalue weighted by molar-refractivity contribution is 0.600. The van der Waals surface area contributed by atoms with Crippen LogP contribution in [0, 0.1) is 0 Å². The van der Waals surface area contributed by atoms with Gasteiger partial charge < -0.3 is 5.73 Å². The highest BCUT2D eigenvalue weighted by molar-refractivity contribution is 7.92. The van der Waals surface area contributed by atoms with E-state index in [9.17, 15) is 8.42 Å². The summed E-state index contributed by atoms with van der Waals surface area (Å²) < 4.78 is 26.4. The van der Waals surface area contributed by atoms with Crippen LogP contribution in [0.2, 0.25) is 0 Å². The Labute approximate surface area is 105 Å². The Balaban J connectivity index is 2.25. The van der Waals surface area contributed by atoms with Crippen LogP contribution in [0.4, 0.5) is 5.69 Å². The SMILES string of the molecule is NCc1ccc(S(=O)(=O)Nc2cccnc2)cn1. The quantitative estimate of drug-likeness (QED) is 0.848. The molecule has 6 nitrogen and oxygen atoms in total. The zero-order valence-corrected chi connectivity index (χ0v) is 10.3. The molecule has 2 aromatic heterocycles. The number of nitrogens with one attached hydrogen (secondary N) is 1. The Bertz CT molecular complexity index is 611. The van der Waals surface area contributed by atoms with Crippen molar-refractivity contribution in [1.82, 2.24) is 9.97 Å². The first kappa shape index (κ1) is 12.5. The fourth-order valence-corrected chi connectivity index (χ4v) is 2.32. The predicted molar refractivity (Wildman–Crippen MR) is 67.2 cm³/mol. The van der Waals surface area contributed by atoms with Crippen molar-refractivity contribution in [2.24, 2.45) is 5.73 Å². The van der Waals surface area contributed by atoms with Crippen LogP contribution in [0.25, 0.3) is 0 Å². The summed E-state index contributed by atoms with van der Waals surface area (Å²) in [4.78, 5) is 7.86. The van der Waals surface area contributed by atoms with Gasteiger partial charge in [0.1, 0.15) is 4.90 Å². The lowest BCUT2D eigenvalue weighted by Gasteiger charge is -2.07. The van der Waals surface area contributed by atoms with Gasteiger partial charge in [0, 0.05) is 18.9 Å². The summed E-state index contributed by atoms with van der Waals surface area (Å²) in [5, 5.41) is 0. The van der Waals surface area contributed by atoms with Gasteiger partial charge in [0.05, 0.1) is 17.6 Å². The molecular weight excluding hydrogens is 252 g/mol. The number of hydrogen-bond donors (Lipinski definition) is 2. The molecule has 0 bridgehead atoms. The van der Waals surface area contributed by atoms with Gasteiger partial charge in [-0.2, -0.15) is 0 Å². The van der Waals surface area contributed by atoms with Crippen molar-refractivity contribution in [2.45, 2.75) is 11.4 Å². The fourth-order valence-electron chi connectivity index (χ4n) is 1.33. The number of nitrogens with two attached hydrogens (primary N) is 1. The third-order valence-electron chi connectivity index (χ3n) is 2.23. The van der Waals surface area contributed by atoms with E-state index in [1.165, 1.54) is 18.5 Å². The average molecular weight is 264 g/mol. The van der Waals surface area contributed by atoms with Gasteiger partial charge in [-0.25, -0.2) is 8.42 Å². The van der Waals surface area contributed by atoms with E-state index in [1.807, 2.05) is 0 Å². The van der Waals surface area contributed by atoms with Crippen LogP contribution in [0.15, 0.2) is 47.8 Å². The van der Waals surface area contributed by atoms with Gasteiger partial charge in [-0.15, -0.1) is 0 Å². The maximum atomic E-state index is 12.0. The van der Waals surface area contributed by atoms with E-state index in [4.69, 9.17) is 5.73 Å². The molecule has 3 N–H and O–H groups in total. The van der Waals surface area contributed by atoms with Crippen molar-refractivity contribution in [3.63, 3.8) is 0 Å². The van der Waals surface area contributed by atoms with Gasteiger partial charge in [0.25, 0.3) is 10.0 Å². The molecule has 2 aromatic rings. The monoisotopic (exact) mass is 264 g/mol. The number of sulfonamides is 1. The molecule has 0 radical (unpaired) electrons. The summed E-state index contributed by atoms with van der Waals surface area (Å²) in [7, 11) is -3.63. The van der Waals surface area contributed by atoms with Crippen LogP contribution < -0.4 is 10.5 Å². The highest BCUT2D eigenvalue weighted by Crippen LogP contribution is 2.14. The summed E-state index contributed by atoms with van der Waals surface area (Å²) in [5.41, 5.74) is 6.43. The van der Waals surface area contributed by atoms with Crippen LogP contribution in [-0.2, 0) is 16.6 Å². The van der Waals surface area contributed by atoms with E-state index < -0.39 is 10.0 Å². The summed E-state index contributed by atoms with van der Waals surface area (Å²) >= 11 is 0. The van der Waals surface area contributed by atoms with Crippen molar-refractivity contribution in [3.8, 4) is 0 Å². The van der Waals surface area contributed by atoms with Crippen LogP contribution in [-0.4, -0.2) is 18.4 Å². The van der Waals surface area contributed by atoms with Crippen molar-refractivity contribution in [3.05, 3.63) is 48.5 Å². The highest BCUT2D eigenvalue weighted by atomic mass is 32.2. The fraction of sp³-hybridized carbons (Fsp3) is 0.0909. The van der Waals surface area contributed by atoms with Gasteiger partial charge in [0.2, 0.25) is 0 Å². The smallest absolute Gasteiger partial charge is 0.263 e. The number of pyridine rings is 2. The van der Waals surface area contributed by atoms with Gasteiger partial charge in [-0.05, 0) is 24.3 Å². The van der Waals surface area contributed by atoms with Gasteiger partial charge in [-0.3, -0.25) is 14.7 Å². The van der Waals surface area contributed by atoms with Crippen LogP contribution in [0.3, 0.4) is 0 Å². The van der Waals surface area contributed by atoms with Gasteiger partial charge >= 0.3 is 0 Å². The Hall–Kier alpha value is -1.99. The zero-order valence-electron chi connectivity index (χ0n) is 9.45. The molecule has 18 heavy (non-hydrogen) atoms. The topological polar surface area (TPSA) is 98.0 Å². The Morgan fingerprint density at radius 1 is 1.22 bits per heavy atom. The average Bonchev–Trinajstić information content (AvgIpc) is 2.39. The second kappa shape index (κ2) is 5.11. The van der Waals surface area contributed by atoms with E-state index in [-0.39, 0.29) is 11.4 Å². The van der Waals surface area contributed by atoms with E-state index in [0.717, 1.165) is 0 Å². The van der Waals surface area contributed by atoms with Crippen LogP contribution >= 0.6 is 0 Å². The van der Waals surface area contributed by atoms with Crippen molar-refractivity contribution in [2.75, 3.05) is 4.72 Å². The normalized spacial score (nSPS) is 11.2. The van der Waals surface area contributed by atoms with Crippen LogP contribution in [0.1, 0.15) is 5.69 Å². The molecule has 2 heterocycles. The van der Waals surface area contributed by atoms with E-state index in [2.05, 4.69) is 14.7 Å². The zero-order chi connectivity index (χ0) is 13.0. The van der Waals surface area contributed by atoms with Crippen molar-refractivity contribution < 1.29 is 8.42 Å². The second-order valence-electron chi connectivity index (χ2n) is 3.54. The summed E-state index contributed by atoms with van der Waals surface area (Å²) in [6, 6.07) is 6.31. The third-order valence-corrected chi connectivity index (χ3v) is 3.60. The molecule has 2 rings (SSSR count). The molecular formula is C11H12N4O2S. The molecule has 7 heteroatoms. The lowest BCUT2D eigenvalue weighted by atomic mass is 10.4. The predicted octanol–water partition coefficient (Wildman–Crippen LogP) is 0.736. The minimum atomic E-state index is -3.63. The molecule has 0 unspecified atom stereocenters. The Kier molecular flexibility index (Phi) is 3.54. The molecule has 0 saturated carbocycles. The number of aromatic nitrogens is 2. The summed E-state index contributed by atoms with van der Waals surface area (Å²) in [6.07, 6.45) is 4.27. The molecule has 0 amide bonds. The molecule has 94 valence electrons. The Morgan fingerprint density at radius 2 is 2.06 bits per heavy atom. The number of rotatable bonds is 4. The maximum absolute atomic E-state index is 12.0. The maximum Gasteiger partial charge on any atom is 0.263 e. The molecule has 0 aliphatic rings. The minimum Gasteiger partial charge on any atom is -0.325 e. The second-order valence-corrected chi connectivity index (χ2v) is 5.22. The molecule has 0 fully saturated rings.